The minimum Gasteiger partial charge on any atom is -0.373 e. The minimum absolute atomic E-state index is 0.0220. The van der Waals surface area contributed by atoms with E-state index >= 15 is 0 Å². The van der Waals surface area contributed by atoms with Gasteiger partial charge in [-0.05, 0) is 20.3 Å². The molecule has 0 aromatic heterocycles. The van der Waals surface area contributed by atoms with E-state index in [-0.39, 0.29) is 18.5 Å². The van der Waals surface area contributed by atoms with Crippen LogP contribution >= 0.6 is 0 Å². The molecule has 3 nitrogen and oxygen atoms in total. The number of fused-ring (bicyclic) bond motifs is 1. The Morgan fingerprint density at radius 2 is 2.17 bits per heavy atom. The average Bonchev–Trinajstić information content (AvgIpc) is 2.52. The molecule has 0 N–H and O–H groups in total. The Morgan fingerprint density at radius 1 is 1.33 bits per heavy atom. The Hall–Kier alpha value is -0.120. The zero-order valence-electron chi connectivity index (χ0n) is 7.66. The van der Waals surface area contributed by atoms with Gasteiger partial charge >= 0.3 is 0 Å². The standard InChI is InChI=1S/C9H16O3/c1-6(2)12-8-5-11-9-7(8)3-4-10-9/h6-9H,3-5H2,1-2H3/t7?,8-,9?/m1/s1. The van der Waals surface area contributed by atoms with Gasteiger partial charge in [0.1, 0.15) is 0 Å². The van der Waals surface area contributed by atoms with Crippen LogP contribution in [0.4, 0.5) is 0 Å². The van der Waals surface area contributed by atoms with Crippen LogP contribution < -0.4 is 0 Å². The molecule has 0 radical (unpaired) electrons. The molecule has 12 heavy (non-hydrogen) atoms. The molecule has 2 aliphatic rings. The summed E-state index contributed by atoms with van der Waals surface area (Å²) < 4.78 is 16.5. The number of rotatable bonds is 2. The predicted octanol–water partition coefficient (Wildman–Crippen LogP) is 1.17. The molecular weight excluding hydrogens is 156 g/mol. The summed E-state index contributed by atoms with van der Waals surface area (Å²) in [7, 11) is 0. The molecule has 3 heteroatoms. The van der Waals surface area contributed by atoms with Crippen molar-refractivity contribution in [1.29, 1.82) is 0 Å². The Labute approximate surface area is 73.0 Å². The summed E-state index contributed by atoms with van der Waals surface area (Å²) in [4.78, 5) is 0. The molecule has 0 spiro atoms. The van der Waals surface area contributed by atoms with Crippen molar-refractivity contribution in [2.24, 2.45) is 5.92 Å². The summed E-state index contributed by atoms with van der Waals surface area (Å²) >= 11 is 0. The molecule has 70 valence electrons. The van der Waals surface area contributed by atoms with Crippen molar-refractivity contribution in [3.8, 4) is 0 Å². The first kappa shape index (κ1) is 8.48. The Kier molecular flexibility index (Phi) is 2.35. The number of ether oxygens (including phenoxy) is 3. The van der Waals surface area contributed by atoms with Crippen LogP contribution in [0.15, 0.2) is 0 Å². The summed E-state index contributed by atoms with van der Waals surface area (Å²) in [5, 5.41) is 0. The predicted molar refractivity (Wildman–Crippen MR) is 43.8 cm³/mol. The van der Waals surface area contributed by atoms with Gasteiger partial charge in [0.25, 0.3) is 0 Å². The molecule has 0 amide bonds. The SMILES string of the molecule is CC(C)O[C@@H]1COC2OCCC21. The zero-order valence-corrected chi connectivity index (χ0v) is 7.66. The van der Waals surface area contributed by atoms with E-state index in [4.69, 9.17) is 14.2 Å². The lowest BCUT2D eigenvalue weighted by Crippen LogP contribution is -2.26. The van der Waals surface area contributed by atoms with E-state index in [2.05, 4.69) is 13.8 Å². The van der Waals surface area contributed by atoms with Crippen molar-refractivity contribution >= 4 is 0 Å². The van der Waals surface area contributed by atoms with Gasteiger partial charge in [-0.25, -0.2) is 0 Å². The maximum Gasteiger partial charge on any atom is 0.163 e. The first-order valence-corrected chi connectivity index (χ1v) is 4.66. The third-order valence-electron chi connectivity index (χ3n) is 2.43. The van der Waals surface area contributed by atoms with Crippen molar-refractivity contribution < 1.29 is 14.2 Å². The third-order valence-corrected chi connectivity index (χ3v) is 2.43. The smallest absolute Gasteiger partial charge is 0.163 e. The van der Waals surface area contributed by atoms with Crippen molar-refractivity contribution in [3.63, 3.8) is 0 Å². The van der Waals surface area contributed by atoms with E-state index in [0.717, 1.165) is 13.0 Å². The molecule has 2 rings (SSSR count). The first-order chi connectivity index (χ1) is 5.77. The normalized spacial score (nSPS) is 40.8. The van der Waals surface area contributed by atoms with Gasteiger partial charge in [-0.15, -0.1) is 0 Å². The molecule has 0 aliphatic carbocycles. The molecule has 2 aliphatic heterocycles. The molecule has 0 aromatic carbocycles. The highest BCUT2D eigenvalue weighted by atomic mass is 16.7. The fourth-order valence-corrected chi connectivity index (χ4v) is 1.92. The lowest BCUT2D eigenvalue weighted by atomic mass is 10.0. The van der Waals surface area contributed by atoms with Crippen molar-refractivity contribution in [1.82, 2.24) is 0 Å². The maximum absolute atomic E-state index is 5.72. The lowest BCUT2D eigenvalue weighted by molar-refractivity contribution is -0.0911. The second kappa shape index (κ2) is 3.32. The van der Waals surface area contributed by atoms with Crippen LogP contribution in [0.2, 0.25) is 0 Å². The van der Waals surface area contributed by atoms with Crippen LogP contribution in [0, 0.1) is 5.92 Å². The largest absolute Gasteiger partial charge is 0.373 e. The van der Waals surface area contributed by atoms with Crippen LogP contribution in [0.5, 0.6) is 0 Å². The van der Waals surface area contributed by atoms with Crippen molar-refractivity contribution in [2.75, 3.05) is 13.2 Å². The molecule has 0 saturated carbocycles. The van der Waals surface area contributed by atoms with Crippen molar-refractivity contribution in [3.05, 3.63) is 0 Å². The summed E-state index contributed by atoms with van der Waals surface area (Å²) in [5.41, 5.74) is 0. The Balaban J connectivity index is 1.91. The molecule has 2 fully saturated rings. The second-order valence-electron chi connectivity index (χ2n) is 3.75. The molecule has 0 bridgehead atoms. The maximum atomic E-state index is 5.72. The van der Waals surface area contributed by atoms with Gasteiger partial charge in [0.05, 0.1) is 25.4 Å². The van der Waals surface area contributed by atoms with Crippen LogP contribution in [-0.4, -0.2) is 31.7 Å². The molecule has 2 heterocycles. The fourth-order valence-electron chi connectivity index (χ4n) is 1.92. The van der Waals surface area contributed by atoms with E-state index in [9.17, 15) is 0 Å². The van der Waals surface area contributed by atoms with Crippen LogP contribution in [0.3, 0.4) is 0 Å². The number of hydrogen-bond acceptors (Lipinski definition) is 3. The van der Waals surface area contributed by atoms with Gasteiger partial charge in [-0.1, -0.05) is 0 Å². The van der Waals surface area contributed by atoms with Gasteiger partial charge in [0.2, 0.25) is 0 Å². The molecule has 2 saturated heterocycles. The van der Waals surface area contributed by atoms with E-state index in [1.807, 2.05) is 0 Å². The average molecular weight is 172 g/mol. The van der Waals surface area contributed by atoms with E-state index in [1.54, 1.807) is 0 Å². The quantitative estimate of drug-likeness (QED) is 0.626. The third kappa shape index (κ3) is 1.49. The molecular formula is C9H16O3. The summed E-state index contributed by atoms with van der Waals surface area (Å²) in [6.45, 7) is 5.65. The minimum atomic E-state index is 0.0220. The number of hydrogen-bond donors (Lipinski definition) is 0. The van der Waals surface area contributed by atoms with Crippen LogP contribution in [-0.2, 0) is 14.2 Å². The van der Waals surface area contributed by atoms with Gasteiger partial charge in [-0.2, -0.15) is 0 Å². The van der Waals surface area contributed by atoms with Gasteiger partial charge in [0, 0.05) is 5.92 Å². The van der Waals surface area contributed by atoms with Gasteiger partial charge in [0.15, 0.2) is 6.29 Å². The van der Waals surface area contributed by atoms with Gasteiger partial charge in [-0.3, -0.25) is 0 Å². The summed E-state index contributed by atoms with van der Waals surface area (Å²) in [6.07, 6.45) is 1.66. The molecule has 0 aromatic rings. The fraction of sp³-hybridized carbons (Fsp3) is 1.00. The molecule has 3 atom stereocenters. The van der Waals surface area contributed by atoms with Crippen molar-refractivity contribution in [2.45, 2.75) is 38.8 Å². The first-order valence-electron chi connectivity index (χ1n) is 4.66. The topological polar surface area (TPSA) is 27.7 Å². The molecule has 2 unspecified atom stereocenters. The van der Waals surface area contributed by atoms with Gasteiger partial charge < -0.3 is 14.2 Å². The van der Waals surface area contributed by atoms with Crippen LogP contribution in [0.1, 0.15) is 20.3 Å². The van der Waals surface area contributed by atoms with Crippen LogP contribution in [0.25, 0.3) is 0 Å². The second-order valence-corrected chi connectivity index (χ2v) is 3.75. The monoisotopic (exact) mass is 172 g/mol. The highest BCUT2D eigenvalue weighted by Gasteiger charge is 2.42. The Morgan fingerprint density at radius 3 is 2.92 bits per heavy atom. The van der Waals surface area contributed by atoms with E-state index in [0.29, 0.717) is 12.5 Å². The Bertz CT molecular complexity index is 158. The highest BCUT2D eigenvalue weighted by molar-refractivity contribution is 4.83. The summed E-state index contributed by atoms with van der Waals surface area (Å²) in [6, 6.07) is 0. The van der Waals surface area contributed by atoms with E-state index in [1.165, 1.54) is 0 Å². The summed E-state index contributed by atoms with van der Waals surface area (Å²) in [5.74, 6) is 0.479. The van der Waals surface area contributed by atoms with E-state index < -0.39 is 0 Å². The lowest BCUT2D eigenvalue weighted by Gasteiger charge is -2.18. The zero-order chi connectivity index (χ0) is 8.55. The highest BCUT2D eigenvalue weighted by Crippen LogP contribution is 2.33.